The van der Waals surface area contributed by atoms with Gasteiger partial charge in [0.15, 0.2) is 9.35 Å². The number of nitrogens with one attached hydrogen (secondary N) is 3. The molecule has 9 heteroatoms. The number of anilines is 1. The summed E-state index contributed by atoms with van der Waals surface area (Å²) in [6.45, 7) is 2.46. The zero-order chi connectivity index (χ0) is 16.9. The van der Waals surface area contributed by atoms with E-state index in [4.69, 9.17) is 0 Å². The predicted octanol–water partition coefficient (Wildman–Crippen LogP) is 4.52. The van der Waals surface area contributed by atoms with Crippen LogP contribution in [-0.2, 0) is 6.54 Å². The van der Waals surface area contributed by atoms with Gasteiger partial charge in [0.2, 0.25) is 0 Å². The van der Waals surface area contributed by atoms with Crippen LogP contribution in [0.5, 0.6) is 0 Å². The molecule has 0 amide bonds. The van der Waals surface area contributed by atoms with E-state index < -0.39 is 0 Å². The van der Waals surface area contributed by atoms with Crippen molar-refractivity contribution in [2.75, 3.05) is 18.4 Å². The molecule has 0 saturated carbocycles. The molecule has 0 radical (unpaired) electrons. The van der Waals surface area contributed by atoms with Gasteiger partial charge in [-0.05, 0) is 57.0 Å². The standard InChI is InChI=1S/C16H16Br2N4OS.ClH/c17-15-13(24-16(18)22-15)9-19-6-3-7-20-14-8-12(23)10-4-1-2-5-11(10)21-14;/h1-2,4-5,8,19H,3,6-7,9H2,(H2,20,21,23);1H. The smallest absolute Gasteiger partial charge is 0.191 e. The largest absolute Gasteiger partial charge is 0.371 e. The minimum atomic E-state index is 0. The number of aromatic amines is 1. The van der Waals surface area contributed by atoms with Crippen LogP contribution < -0.4 is 16.1 Å². The number of rotatable bonds is 7. The Morgan fingerprint density at radius 2 is 2.00 bits per heavy atom. The molecule has 0 aliphatic heterocycles. The second-order valence-electron chi connectivity index (χ2n) is 5.23. The van der Waals surface area contributed by atoms with E-state index in [0.29, 0.717) is 5.39 Å². The molecule has 0 unspecified atom stereocenters. The van der Waals surface area contributed by atoms with Gasteiger partial charge in [0.1, 0.15) is 10.4 Å². The molecule has 2 heterocycles. The Kier molecular flexibility index (Phi) is 7.89. The minimum Gasteiger partial charge on any atom is -0.371 e. The molecule has 0 atom stereocenters. The van der Waals surface area contributed by atoms with Crippen molar-refractivity contribution in [1.29, 1.82) is 0 Å². The van der Waals surface area contributed by atoms with Crippen molar-refractivity contribution in [2.45, 2.75) is 13.0 Å². The van der Waals surface area contributed by atoms with Gasteiger partial charge in [-0.3, -0.25) is 4.79 Å². The van der Waals surface area contributed by atoms with E-state index in [9.17, 15) is 4.79 Å². The molecular formula is C16H17Br2ClN4OS. The Morgan fingerprint density at radius 1 is 1.20 bits per heavy atom. The van der Waals surface area contributed by atoms with E-state index in [1.165, 1.54) is 4.88 Å². The van der Waals surface area contributed by atoms with Crippen LogP contribution >= 0.6 is 55.6 Å². The third-order valence-electron chi connectivity index (χ3n) is 3.49. The highest BCUT2D eigenvalue weighted by Gasteiger charge is 2.06. The molecule has 1 aromatic carbocycles. The van der Waals surface area contributed by atoms with Crippen LogP contribution in [0.4, 0.5) is 5.82 Å². The Balaban J connectivity index is 0.00000225. The number of nitrogens with zero attached hydrogens (tertiary/aromatic N) is 1. The highest BCUT2D eigenvalue weighted by molar-refractivity contribution is 9.11. The first-order chi connectivity index (χ1) is 11.6. The summed E-state index contributed by atoms with van der Waals surface area (Å²) in [4.78, 5) is 20.7. The second-order valence-corrected chi connectivity index (χ2v) is 8.34. The molecule has 0 spiro atoms. The molecule has 0 bridgehead atoms. The van der Waals surface area contributed by atoms with Gasteiger partial charge in [0.25, 0.3) is 0 Å². The quantitative estimate of drug-likeness (QED) is 0.411. The van der Waals surface area contributed by atoms with Crippen molar-refractivity contribution in [2.24, 2.45) is 0 Å². The number of pyridine rings is 1. The Hall–Kier alpha value is -0.930. The minimum absolute atomic E-state index is 0. The van der Waals surface area contributed by atoms with Gasteiger partial charge in [0.05, 0.1) is 10.4 Å². The van der Waals surface area contributed by atoms with Crippen LogP contribution in [-0.4, -0.2) is 23.1 Å². The Morgan fingerprint density at radius 3 is 2.76 bits per heavy atom. The first kappa shape index (κ1) is 20.4. The monoisotopic (exact) mass is 506 g/mol. The summed E-state index contributed by atoms with van der Waals surface area (Å²) in [7, 11) is 0. The normalized spacial score (nSPS) is 10.6. The van der Waals surface area contributed by atoms with Crippen LogP contribution in [0.2, 0.25) is 0 Å². The van der Waals surface area contributed by atoms with Gasteiger partial charge in [-0.1, -0.05) is 12.1 Å². The van der Waals surface area contributed by atoms with Crippen LogP contribution in [0.25, 0.3) is 10.9 Å². The van der Waals surface area contributed by atoms with E-state index in [1.54, 1.807) is 17.4 Å². The summed E-state index contributed by atoms with van der Waals surface area (Å²) in [6, 6.07) is 9.15. The number of hydrogen-bond acceptors (Lipinski definition) is 5. The zero-order valence-electron chi connectivity index (χ0n) is 13.1. The SMILES string of the molecule is Cl.O=c1cc(NCCCNCc2sc(Br)nc2Br)[nH]c2ccccc12. The van der Waals surface area contributed by atoms with Crippen LogP contribution in [0.3, 0.4) is 0 Å². The molecule has 3 N–H and O–H groups in total. The average Bonchev–Trinajstić information content (AvgIpc) is 2.88. The molecule has 0 aliphatic carbocycles. The summed E-state index contributed by atoms with van der Waals surface area (Å²) in [5, 5.41) is 7.37. The first-order valence-corrected chi connectivity index (χ1v) is 9.91. The third-order valence-corrected chi connectivity index (χ3v) is 5.92. The first-order valence-electron chi connectivity index (χ1n) is 7.51. The number of H-pyrrole nitrogens is 1. The summed E-state index contributed by atoms with van der Waals surface area (Å²) in [5.74, 6) is 0.757. The van der Waals surface area contributed by atoms with Crippen LogP contribution in [0, 0.1) is 0 Å². The summed E-state index contributed by atoms with van der Waals surface area (Å²) < 4.78 is 1.77. The molecule has 0 saturated heterocycles. The number of hydrogen-bond donors (Lipinski definition) is 3. The van der Waals surface area contributed by atoms with Gasteiger partial charge in [-0.15, -0.1) is 23.7 Å². The molecule has 0 fully saturated rings. The molecule has 5 nitrogen and oxygen atoms in total. The highest BCUT2D eigenvalue weighted by atomic mass is 79.9. The lowest BCUT2D eigenvalue weighted by Crippen LogP contribution is -2.18. The van der Waals surface area contributed by atoms with E-state index in [-0.39, 0.29) is 17.8 Å². The van der Waals surface area contributed by atoms with Gasteiger partial charge in [-0.25, -0.2) is 4.98 Å². The van der Waals surface area contributed by atoms with Crippen molar-refractivity contribution in [3.05, 3.63) is 54.0 Å². The number of benzene rings is 1. The Bertz CT molecular complexity index is 899. The number of thiazole rings is 1. The molecule has 0 aliphatic rings. The molecule has 2 aromatic heterocycles. The molecular weight excluding hydrogens is 492 g/mol. The average molecular weight is 509 g/mol. The maximum absolute atomic E-state index is 12.0. The van der Waals surface area contributed by atoms with Crippen molar-refractivity contribution in [3.63, 3.8) is 0 Å². The van der Waals surface area contributed by atoms with Crippen LogP contribution in [0.15, 0.2) is 43.6 Å². The molecule has 25 heavy (non-hydrogen) atoms. The summed E-state index contributed by atoms with van der Waals surface area (Å²) in [6.07, 6.45) is 0.951. The van der Waals surface area contributed by atoms with E-state index in [1.807, 2.05) is 24.3 Å². The highest BCUT2D eigenvalue weighted by Crippen LogP contribution is 2.26. The van der Waals surface area contributed by atoms with Crippen molar-refractivity contribution < 1.29 is 0 Å². The Labute approximate surface area is 172 Å². The van der Waals surface area contributed by atoms with Crippen molar-refractivity contribution in [3.8, 4) is 0 Å². The number of fused-ring (bicyclic) bond motifs is 1. The lowest BCUT2D eigenvalue weighted by atomic mass is 10.2. The predicted molar refractivity (Wildman–Crippen MR) is 114 cm³/mol. The maximum atomic E-state index is 12.0. The molecule has 3 aromatic rings. The second kappa shape index (κ2) is 9.68. The van der Waals surface area contributed by atoms with E-state index >= 15 is 0 Å². The number of halogens is 3. The van der Waals surface area contributed by atoms with Crippen LogP contribution in [0.1, 0.15) is 11.3 Å². The maximum Gasteiger partial charge on any atom is 0.191 e. The molecule has 3 rings (SSSR count). The van der Waals surface area contributed by atoms with Gasteiger partial charge in [-0.2, -0.15) is 0 Å². The fraction of sp³-hybridized carbons (Fsp3) is 0.250. The van der Waals surface area contributed by atoms with Gasteiger partial charge >= 0.3 is 0 Å². The van der Waals surface area contributed by atoms with Crippen molar-refractivity contribution >= 4 is 72.3 Å². The van der Waals surface area contributed by atoms with Gasteiger partial charge < -0.3 is 15.6 Å². The topological polar surface area (TPSA) is 69.8 Å². The lowest BCUT2D eigenvalue weighted by Gasteiger charge is -2.08. The zero-order valence-corrected chi connectivity index (χ0v) is 17.9. The summed E-state index contributed by atoms with van der Waals surface area (Å²) >= 11 is 8.43. The van der Waals surface area contributed by atoms with E-state index in [0.717, 1.165) is 45.9 Å². The number of para-hydroxylation sites is 1. The van der Waals surface area contributed by atoms with Crippen molar-refractivity contribution in [1.82, 2.24) is 15.3 Å². The summed E-state index contributed by atoms with van der Waals surface area (Å²) in [5.41, 5.74) is 0.886. The fourth-order valence-corrected chi connectivity index (χ4v) is 4.67. The van der Waals surface area contributed by atoms with E-state index in [2.05, 4.69) is 52.5 Å². The molecule has 134 valence electrons. The number of aromatic nitrogens is 2. The van der Waals surface area contributed by atoms with Gasteiger partial charge in [0, 0.05) is 24.5 Å². The third kappa shape index (κ3) is 5.52. The lowest BCUT2D eigenvalue weighted by molar-refractivity contribution is 0.666. The fourth-order valence-electron chi connectivity index (χ4n) is 2.35.